The van der Waals surface area contributed by atoms with E-state index in [1.807, 2.05) is 0 Å². The van der Waals surface area contributed by atoms with E-state index in [4.69, 9.17) is 11.5 Å². The van der Waals surface area contributed by atoms with Gasteiger partial charge in [0.05, 0.1) is 9.81 Å². The van der Waals surface area contributed by atoms with E-state index < -0.39 is 0 Å². The Morgan fingerprint density at radius 2 is 1.17 bits per heavy atom. The zero-order valence-corrected chi connectivity index (χ0v) is 7.42. The van der Waals surface area contributed by atoms with Gasteiger partial charge in [0.25, 0.3) is 0 Å². The van der Waals surface area contributed by atoms with Crippen molar-refractivity contribution in [1.29, 1.82) is 0 Å². The molecule has 6 heteroatoms. The standard InChI is InChI=1S/C6H4N2O2S2/c7-1-3-4(12-5(1)9)2(8)6(10)11-3/h7-8H2. The highest BCUT2D eigenvalue weighted by molar-refractivity contribution is 8.24. The van der Waals surface area contributed by atoms with Crippen molar-refractivity contribution in [2.45, 2.75) is 0 Å². The second-order valence-corrected chi connectivity index (χ2v) is 4.23. The Morgan fingerprint density at radius 3 is 1.50 bits per heavy atom. The van der Waals surface area contributed by atoms with Crippen LogP contribution in [0.1, 0.15) is 0 Å². The van der Waals surface area contributed by atoms with Crippen molar-refractivity contribution >= 4 is 33.8 Å². The summed E-state index contributed by atoms with van der Waals surface area (Å²) in [7, 11) is 0. The molecule has 2 aliphatic rings. The average Bonchev–Trinajstić information content (AvgIpc) is 2.43. The third-order valence-electron chi connectivity index (χ3n) is 1.52. The molecule has 0 fully saturated rings. The van der Waals surface area contributed by atoms with E-state index >= 15 is 0 Å². The number of carbonyl (C=O) groups excluding carboxylic acids is 2. The molecule has 2 aliphatic heterocycles. The smallest absolute Gasteiger partial charge is 0.241 e. The van der Waals surface area contributed by atoms with Crippen LogP contribution in [0.4, 0.5) is 0 Å². The first-order valence-corrected chi connectivity index (χ1v) is 4.69. The van der Waals surface area contributed by atoms with Gasteiger partial charge >= 0.3 is 0 Å². The molecule has 0 saturated carbocycles. The summed E-state index contributed by atoms with van der Waals surface area (Å²) >= 11 is 1.86. The van der Waals surface area contributed by atoms with E-state index in [1.54, 1.807) is 0 Å². The molecule has 12 heavy (non-hydrogen) atoms. The van der Waals surface area contributed by atoms with Crippen molar-refractivity contribution in [1.82, 2.24) is 0 Å². The molecule has 0 amide bonds. The molecule has 2 rings (SSSR count). The molecule has 0 aliphatic carbocycles. The summed E-state index contributed by atoms with van der Waals surface area (Å²) in [6, 6.07) is 0. The number of thioether (sulfide) groups is 2. The first-order valence-electron chi connectivity index (χ1n) is 3.05. The molecular formula is C6H4N2O2S2. The van der Waals surface area contributed by atoms with Crippen LogP contribution in [0.25, 0.3) is 0 Å². The Morgan fingerprint density at radius 1 is 0.833 bits per heavy atom. The van der Waals surface area contributed by atoms with Crippen molar-refractivity contribution in [2.75, 3.05) is 0 Å². The lowest BCUT2D eigenvalue weighted by atomic mass is 10.3. The van der Waals surface area contributed by atoms with Crippen LogP contribution in [0.15, 0.2) is 21.2 Å². The second-order valence-electron chi connectivity index (χ2n) is 2.26. The van der Waals surface area contributed by atoms with Gasteiger partial charge in [-0.15, -0.1) is 0 Å². The normalized spacial score (nSPS) is 22.7. The lowest BCUT2D eigenvalue weighted by molar-refractivity contribution is -0.108. The number of rotatable bonds is 0. The molecule has 0 aromatic rings. The zero-order valence-electron chi connectivity index (χ0n) is 5.79. The molecule has 0 saturated heterocycles. The van der Waals surface area contributed by atoms with Gasteiger partial charge in [-0.1, -0.05) is 0 Å². The van der Waals surface area contributed by atoms with Gasteiger partial charge < -0.3 is 11.5 Å². The first kappa shape index (κ1) is 7.75. The van der Waals surface area contributed by atoms with Crippen LogP contribution < -0.4 is 11.5 Å². The number of fused-ring (bicyclic) bond motifs is 1. The van der Waals surface area contributed by atoms with Crippen LogP contribution in [-0.4, -0.2) is 10.2 Å². The molecule has 0 unspecified atom stereocenters. The van der Waals surface area contributed by atoms with E-state index in [0.717, 1.165) is 23.5 Å². The third-order valence-corrected chi connectivity index (χ3v) is 3.72. The minimum atomic E-state index is -0.219. The Balaban J connectivity index is 2.59. The average molecular weight is 200 g/mol. The quantitative estimate of drug-likeness (QED) is 0.566. The van der Waals surface area contributed by atoms with Gasteiger partial charge in [0.15, 0.2) is 0 Å². The largest absolute Gasteiger partial charge is 0.394 e. The van der Waals surface area contributed by atoms with Crippen LogP contribution >= 0.6 is 23.5 Å². The SMILES string of the molecule is NC1=C2SC(=O)C(N)=C2SC1=O. The monoisotopic (exact) mass is 200 g/mol. The van der Waals surface area contributed by atoms with Gasteiger partial charge in [-0.2, -0.15) is 0 Å². The predicted molar refractivity (Wildman–Crippen MR) is 47.6 cm³/mol. The maximum absolute atomic E-state index is 11.0. The van der Waals surface area contributed by atoms with Crippen LogP contribution in [0.2, 0.25) is 0 Å². The first-order chi connectivity index (χ1) is 5.61. The Labute approximate surface area is 76.4 Å². The maximum Gasteiger partial charge on any atom is 0.241 e. The van der Waals surface area contributed by atoms with Gasteiger partial charge in [0, 0.05) is 0 Å². The fourth-order valence-corrected chi connectivity index (χ4v) is 2.91. The fraction of sp³-hybridized carbons (Fsp3) is 0. The molecule has 0 radical (unpaired) electrons. The van der Waals surface area contributed by atoms with E-state index in [9.17, 15) is 9.59 Å². The highest BCUT2D eigenvalue weighted by Gasteiger charge is 2.37. The van der Waals surface area contributed by atoms with Crippen LogP contribution in [0, 0.1) is 0 Å². The number of nitrogens with two attached hydrogens (primary N) is 2. The van der Waals surface area contributed by atoms with Crippen molar-refractivity contribution < 1.29 is 9.59 Å². The summed E-state index contributed by atoms with van der Waals surface area (Å²) < 4.78 is 0. The molecule has 0 aromatic carbocycles. The third kappa shape index (κ3) is 0.818. The number of carbonyl (C=O) groups is 2. The van der Waals surface area contributed by atoms with Crippen molar-refractivity contribution in [3.63, 3.8) is 0 Å². The summed E-state index contributed by atoms with van der Waals surface area (Å²) in [5, 5.41) is -0.439. The summed E-state index contributed by atoms with van der Waals surface area (Å²) in [5.41, 5.74) is 11.2. The molecule has 62 valence electrons. The van der Waals surface area contributed by atoms with Crippen molar-refractivity contribution in [3.05, 3.63) is 21.2 Å². The second kappa shape index (κ2) is 2.30. The van der Waals surface area contributed by atoms with Crippen molar-refractivity contribution in [2.24, 2.45) is 11.5 Å². The van der Waals surface area contributed by atoms with E-state index in [-0.39, 0.29) is 21.6 Å². The van der Waals surface area contributed by atoms with E-state index in [2.05, 4.69) is 0 Å². The minimum absolute atomic E-state index is 0.147. The number of hydrogen-bond donors (Lipinski definition) is 2. The molecule has 0 atom stereocenters. The molecule has 2 heterocycles. The molecule has 0 aromatic heterocycles. The van der Waals surface area contributed by atoms with Gasteiger partial charge in [-0.3, -0.25) is 9.59 Å². The lowest BCUT2D eigenvalue weighted by Gasteiger charge is -1.90. The summed E-state index contributed by atoms with van der Waals surface area (Å²) in [4.78, 5) is 23.1. The van der Waals surface area contributed by atoms with Crippen molar-refractivity contribution in [3.8, 4) is 0 Å². The molecule has 4 N–H and O–H groups in total. The van der Waals surface area contributed by atoms with E-state index in [0.29, 0.717) is 9.81 Å². The summed E-state index contributed by atoms with van der Waals surface area (Å²) in [6.45, 7) is 0. The van der Waals surface area contributed by atoms with Crippen LogP contribution in [0.5, 0.6) is 0 Å². The Kier molecular flexibility index (Phi) is 1.49. The van der Waals surface area contributed by atoms with Gasteiger partial charge in [-0.25, -0.2) is 0 Å². The van der Waals surface area contributed by atoms with Gasteiger partial charge in [0.2, 0.25) is 10.2 Å². The van der Waals surface area contributed by atoms with Crippen LogP contribution in [-0.2, 0) is 9.59 Å². The maximum atomic E-state index is 11.0. The topological polar surface area (TPSA) is 86.2 Å². The highest BCUT2D eigenvalue weighted by Crippen LogP contribution is 2.48. The lowest BCUT2D eigenvalue weighted by Crippen LogP contribution is -2.06. The number of hydrogen-bond acceptors (Lipinski definition) is 6. The molecule has 4 nitrogen and oxygen atoms in total. The fourth-order valence-electron chi connectivity index (χ4n) is 0.928. The molecule has 0 bridgehead atoms. The highest BCUT2D eigenvalue weighted by atomic mass is 32.2. The minimum Gasteiger partial charge on any atom is -0.394 e. The van der Waals surface area contributed by atoms with E-state index in [1.165, 1.54) is 0 Å². The zero-order chi connectivity index (χ0) is 8.88. The van der Waals surface area contributed by atoms with Gasteiger partial charge in [0.1, 0.15) is 11.4 Å². The van der Waals surface area contributed by atoms with Crippen LogP contribution in [0.3, 0.4) is 0 Å². The summed E-state index contributed by atoms with van der Waals surface area (Å²) in [5.74, 6) is 0. The molecular weight excluding hydrogens is 196 g/mol. The Bertz CT molecular complexity index is 334. The molecule has 0 spiro atoms. The van der Waals surface area contributed by atoms with Gasteiger partial charge in [-0.05, 0) is 23.5 Å². The predicted octanol–water partition coefficient (Wildman–Crippen LogP) is -0.126. The summed E-state index contributed by atoms with van der Waals surface area (Å²) in [6.07, 6.45) is 0. The Hall–Kier alpha value is -0.880.